The first-order valence-electron chi connectivity index (χ1n) is 10.2. The Morgan fingerprint density at radius 2 is 1.90 bits per heavy atom. The number of anilines is 2. The van der Waals surface area contributed by atoms with Crippen LogP contribution < -0.4 is 15.0 Å². The van der Waals surface area contributed by atoms with Crippen molar-refractivity contribution < 1.29 is 14.3 Å². The van der Waals surface area contributed by atoms with Crippen LogP contribution in [0.2, 0.25) is 0 Å². The van der Waals surface area contributed by atoms with Crippen molar-refractivity contribution >= 4 is 23.2 Å². The molecule has 0 radical (unpaired) electrons. The summed E-state index contributed by atoms with van der Waals surface area (Å²) < 4.78 is 5.28. The Morgan fingerprint density at radius 3 is 2.69 bits per heavy atom. The number of carbonyl (C=O) groups excluding carboxylic acids is 2. The first-order chi connectivity index (χ1) is 14.2. The van der Waals surface area contributed by atoms with Crippen molar-refractivity contribution in [2.45, 2.75) is 31.7 Å². The summed E-state index contributed by atoms with van der Waals surface area (Å²) in [6.07, 6.45) is 4.43. The molecule has 1 atom stereocenters. The van der Waals surface area contributed by atoms with Gasteiger partial charge in [-0.2, -0.15) is 0 Å². The summed E-state index contributed by atoms with van der Waals surface area (Å²) in [5.74, 6) is 0.647. The molecule has 0 spiro atoms. The molecule has 2 aromatic rings. The van der Waals surface area contributed by atoms with E-state index in [1.165, 1.54) is 12.0 Å². The number of benzene rings is 2. The fraction of sp³-hybridized carbons (Fsp3) is 0.391. The third-order valence-corrected chi connectivity index (χ3v) is 5.77. The maximum Gasteiger partial charge on any atom is 0.244 e. The fourth-order valence-corrected chi connectivity index (χ4v) is 4.28. The number of methoxy groups -OCH3 is 1. The minimum absolute atomic E-state index is 0.0345. The molecule has 2 heterocycles. The third kappa shape index (κ3) is 4.27. The topological polar surface area (TPSA) is 61.9 Å². The number of para-hydroxylation sites is 2. The van der Waals surface area contributed by atoms with Crippen molar-refractivity contribution in [2.75, 3.05) is 37.0 Å². The molecule has 0 aromatic heterocycles. The summed E-state index contributed by atoms with van der Waals surface area (Å²) in [4.78, 5) is 29.2. The van der Waals surface area contributed by atoms with Gasteiger partial charge in [-0.1, -0.05) is 37.1 Å². The molecule has 1 saturated heterocycles. The van der Waals surface area contributed by atoms with Gasteiger partial charge in [0.1, 0.15) is 12.3 Å². The average Bonchev–Trinajstić information content (AvgIpc) is 2.98. The third-order valence-electron chi connectivity index (χ3n) is 5.77. The van der Waals surface area contributed by atoms with Gasteiger partial charge >= 0.3 is 0 Å². The second-order valence-corrected chi connectivity index (χ2v) is 7.65. The van der Waals surface area contributed by atoms with Crippen LogP contribution in [-0.4, -0.2) is 43.5 Å². The van der Waals surface area contributed by atoms with E-state index in [0.29, 0.717) is 12.2 Å². The molecule has 2 aliphatic heterocycles. The van der Waals surface area contributed by atoms with E-state index in [0.717, 1.165) is 37.2 Å². The van der Waals surface area contributed by atoms with Gasteiger partial charge in [0.2, 0.25) is 11.8 Å². The van der Waals surface area contributed by atoms with Crippen molar-refractivity contribution in [3.8, 4) is 5.75 Å². The van der Waals surface area contributed by atoms with Gasteiger partial charge in [0, 0.05) is 6.04 Å². The van der Waals surface area contributed by atoms with Gasteiger partial charge in [0.15, 0.2) is 0 Å². The number of ether oxygens (including phenoxy) is 1. The van der Waals surface area contributed by atoms with Crippen LogP contribution in [0.3, 0.4) is 0 Å². The Bertz CT molecular complexity index is 881. The summed E-state index contributed by atoms with van der Waals surface area (Å²) in [5, 5.41) is 2.85. The summed E-state index contributed by atoms with van der Waals surface area (Å²) in [6.45, 7) is 1.25. The van der Waals surface area contributed by atoms with E-state index in [2.05, 4.69) is 22.3 Å². The molecule has 6 heteroatoms. The smallest absolute Gasteiger partial charge is 0.244 e. The molecule has 4 rings (SSSR count). The predicted octanol–water partition coefficient (Wildman–Crippen LogP) is 3.60. The summed E-state index contributed by atoms with van der Waals surface area (Å²) in [7, 11) is 1.66. The Kier molecular flexibility index (Phi) is 5.81. The van der Waals surface area contributed by atoms with Crippen LogP contribution in [-0.2, 0) is 9.59 Å². The van der Waals surface area contributed by atoms with E-state index in [9.17, 15) is 9.59 Å². The molecule has 2 aromatic carbocycles. The van der Waals surface area contributed by atoms with Crippen LogP contribution in [0.25, 0.3) is 0 Å². The largest absolute Gasteiger partial charge is 0.497 e. The minimum atomic E-state index is -0.153. The summed E-state index contributed by atoms with van der Waals surface area (Å²) >= 11 is 0. The number of hydrogen-bond acceptors (Lipinski definition) is 4. The van der Waals surface area contributed by atoms with Gasteiger partial charge in [0.25, 0.3) is 0 Å². The van der Waals surface area contributed by atoms with Gasteiger partial charge < -0.3 is 10.1 Å². The average molecular weight is 393 g/mol. The summed E-state index contributed by atoms with van der Waals surface area (Å²) in [5.41, 5.74) is 2.67. The van der Waals surface area contributed by atoms with E-state index >= 15 is 0 Å². The molecule has 0 aliphatic carbocycles. The van der Waals surface area contributed by atoms with Crippen molar-refractivity contribution in [1.29, 1.82) is 0 Å². The van der Waals surface area contributed by atoms with E-state index in [4.69, 9.17) is 4.74 Å². The zero-order valence-electron chi connectivity index (χ0n) is 16.8. The minimum Gasteiger partial charge on any atom is -0.497 e. The lowest BCUT2D eigenvalue weighted by Gasteiger charge is -2.34. The van der Waals surface area contributed by atoms with Crippen LogP contribution in [0, 0.1) is 0 Å². The lowest BCUT2D eigenvalue weighted by Crippen LogP contribution is -2.47. The van der Waals surface area contributed by atoms with Crippen molar-refractivity contribution in [1.82, 2.24) is 4.90 Å². The Morgan fingerprint density at radius 1 is 1.10 bits per heavy atom. The molecular weight excluding hydrogens is 366 g/mol. The molecule has 2 amide bonds. The number of fused-ring (bicyclic) bond motifs is 1. The quantitative estimate of drug-likeness (QED) is 0.862. The maximum absolute atomic E-state index is 13.2. The summed E-state index contributed by atoms with van der Waals surface area (Å²) in [6, 6.07) is 15.8. The second kappa shape index (κ2) is 8.66. The van der Waals surface area contributed by atoms with Gasteiger partial charge in [-0.3, -0.25) is 19.4 Å². The van der Waals surface area contributed by atoms with Gasteiger partial charge in [-0.05, 0) is 49.2 Å². The fourth-order valence-electron chi connectivity index (χ4n) is 4.28. The highest BCUT2D eigenvalue weighted by Gasteiger charge is 2.30. The van der Waals surface area contributed by atoms with Crippen molar-refractivity contribution in [3.63, 3.8) is 0 Å². The van der Waals surface area contributed by atoms with E-state index in [1.54, 1.807) is 12.0 Å². The van der Waals surface area contributed by atoms with Crippen LogP contribution in [0.1, 0.15) is 37.3 Å². The molecular formula is C23H27N3O3. The zero-order valence-corrected chi connectivity index (χ0v) is 16.8. The Balaban J connectivity index is 1.55. The van der Waals surface area contributed by atoms with Gasteiger partial charge in [-0.25, -0.2) is 0 Å². The number of hydrogen-bond donors (Lipinski definition) is 1. The standard InChI is InChI=1S/C23H27N3O3/c1-29-18-12-10-17(11-13-18)20-8-3-2-6-14-25(20)16-23(28)26-15-22(27)24-19-7-4-5-9-21(19)26/h4-5,7,9-13,20H,2-3,6,8,14-16H2,1H3,(H,24,27)/t20-/m0/s1. The number of likely N-dealkylation sites (tertiary alicyclic amines) is 1. The molecule has 1 N–H and O–H groups in total. The molecule has 6 nitrogen and oxygen atoms in total. The lowest BCUT2D eigenvalue weighted by atomic mass is 10.0. The van der Waals surface area contributed by atoms with Crippen molar-refractivity contribution in [3.05, 3.63) is 54.1 Å². The number of nitrogens with zero attached hydrogens (tertiary/aromatic N) is 2. The zero-order chi connectivity index (χ0) is 20.2. The molecule has 152 valence electrons. The van der Waals surface area contributed by atoms with E-state index in [1.807, 2.05) is 36.4 Å². The van der Waals surface area contributed by atoms with E-state index < -0.39 is 0 Å². The lowest BCUT2D eigenvalue weighted by molar-refractivity contribution is -0.123. The Hall–Kier alpha value is -2.86. The highest BCUT2D eigenvalue weighted by atomic mass is 16.5. The molecule has 0 unspecified atom stereocenters. The van der Waals surface area contributed by atoms with Gasteiger partial charge in [0.05, 0.1) is 25.0 Å². The first kappa shape index (κ1) is 19.5. The van der Waals surface area contributed by atoms with E-state index in [-0.39, 0.29) is 24.4 Å². The van der Waals surface area contributed by atoms with Crippen LogP contribution in [0.5, 0.6) is 5.75 Å². The maximum atomic E-state index is 13.2. The predicted molar refractivity (Wildman–Crippen MR) is 113 cm³/mol. The highest BCUT2D eigenvalue weighted by Crippen LogP contribution is 2.33. The molecule has 1 fully saturated rings. The number of amides is 2. The van der Waals surface area contributed by atoms with Crippen LogP contribution in [0.4, 0.5) is 11.4 Å². The molecule has 0 bridgehead atoms. The molecule has 0 saturated carbocycles. The number of nitrogens with one attached hydrogen (secondary N) is 1. The number of carbonyl (C=O) groups is 2. The number of rotatable bonds is 4. The van der Waals surface area contributed by atoms with Crippen LogP contribution >= 0.6 is 0 Å². The van der Waals surface area contributed by atoms with Crippen LogP contribution in [0.15, 0.2) is 48.5 Å². The molecule has 29 heavy (non-hydrogen) atoms. The molecule has 2 aliphatic rings. The second-order valence-electron chi connectivity index (χ2n) is 7.65. The monoisotopic (exact) mass is 393 g/mol. The SMILES string of the molecule is COc1ccc([C@@H]2CCCCCN2CC(=O)N2CC(=O)Nc3ccccc32)cc1. The Labute approximate surface area is 171 Å². The van der Waals surface area contributed by atoms with Crippen molar-refractivity contribution in [2.24, 2.45) is 0 Å². The first-order valence-corrected chi connectivity index (χ1v) is 10.2. The normalized spacial score (nSPS) is 19.8. The van der Waals surface area contributed by atoms with Gasteiger partial charge in [-0.15, -0.1) is 0 Å². The highest BCUT2D eigenvalue weighted by molar-refractivity contribution is 6.10.